The quantitative estimate of drug-likeness (QED) is 0.150. The lowest BCUT2D eigenvalue weighted by Gasteiger charge is -2.21. The fourth-order valence-electron chi connectivity index (χ4n) is 8.50. The fourth-order valence-corrected chi connectivity index (χ4v) is 8.82. The first kappa shape index (κ1) is 40.3. The second-order valence-electron chi connectivity index (χ2n) is 15.1. The summed E-state index contributed by atoms with van der Waals surface area (Å²) in [6, 6.07) is 15.1. The number of aliphatic carboxylic acids is 1. The minimum atomic E-state index is -4.86. The van der Waals surface area contributed by atoms with Crippen LogP contribution in [-0.4, -0.2) is 93.5 Å². The van der Waals surface area contributed by atoms with E-state index in [4.69, 9.17) is 25.5 Å². The van der Waals surface area contributed by atoms with Crippen LogP contribution in [0.1, 0.15) is 53.4 Å². The number of halogens is 4. The summed E-state index contributed by atoms with van der Waals surface area (Å²) in [6.07, 6.45) is -2.51. The Bertz CT molecular complexity index is 2550. The van der Waals surface area contributed by atoms with Crippen LogP contribution in [0, 0.1) is 17.2 Å². The van der Waals surface area contributed by atoms with E-state index in [9.17, 15) is 33.4 Å². The Morgan fingerprint density at radius 2 is 1.81 bits per heavy atom. The number of methoxy groups -OCH3 is 1. The number of likely N-dealkylation sites (tertiary alicyclic amines) is 2. The average molecular weight is 832 g/mol. The van der Waals surface area contributed by atoms with Gasteiger partial charge in [0.2, 0.25) is 17.5 Å². The number of carbonyl (C=O) groups is 1. The molecule has 2 fully saturated rings. The van der Waals surface area contributed by atoms with Gasteiger partial charge in [0.05, 0.1) is 29.5 Å². The van der Waals surface area contributed by atoms with Gasteiger partial charge < -0.3 is 33.6 Å². The van der Waals surface area contributed by atoms with Gasteiger partial charge in [-0.05, 0) is 61.1 Å². The summed E-state index contributed by atoms with van der Waals surface area (Å²) in [4.78, 5) is 28.1. The summed E-state index contributed by atoms with van der Waals surface area (Å²) >= 11 is 7.19. The zero-order chi connectivity index (χ0) is 41.6. The molecule has 0 radical (unpaired) electrons. The Balaban J connectivity index is 1.09. The maximum Gasteiger partial charge on any atom is 0.438 e. The molecule has 2 aromatic carbocycles. The molecule has 0 bridgehead atoms. The maximum atomic E-state index is 14.5. The van der Waals surface area contributed by atoms with Crippen LogP contribution in [0.15, 0.2) is 58.1 Å². The third-order valence-corrected chi connectivity index (χ3v) is 11.8. The van der Waals surface area contributed by atoms with Gasteiger partial charge in [0, 0.05) is 63.6 Å². The second kappa shape index (κ2) is 16.3. The number of fused-ring (bicyclic) bond motifs is 2. The molecule has 308 valence electrons. The smallest absolute Gasteiger partial charge is 0.438 e. The van der Waals surface area contributed by atoms with Gasteiger partial charge in [0.1, 0.15) is 34.7 Å². The molecule has 3 atom stereocenters. The number of aliphatic hydroxyl groups is 1. The van der Waals surface area contributed by atoms with Crippen molar-refractivity contribution in [3.05, 3.63) is 87.2 Å². The van der Waals surface area contributed by atoms with E-state index in [0.717, 1.165) is 11.1 Å². The molecule has 8 rings (SSSR count). The maximum absolute atomic E-state index is 14.5. The third-order valence-electron chi connectivity index (χ3n) is 11.4. The van der Waals surface area contributed by atoms with Crippen LogP contribution < -0.4 is 15.0 Å². The van der Waals surface area contributed by atoms with Crippen LogP contribution >= 0.6 is 11.6 Å². The molecule has 59 heavy (non-hydrogen) atoms. The second-order valence-corrected chi connectivity index (χ2v) is 15.4. The molecule has 0 unspecified atom stereocenters. The molecule has 2 saturated heterocycles. The number of aromatic nitrogens is 3. The topological polar surface area (TPSA) is 162 Å². The Morgan fingerprint density at radius 3 is 2.51 bits per heavy atom. The van der Waals surface area contributed by atoms with Gasteiger partial charge in [-0.3, -0.25) is 14.7 Å². The normalized spacial score (nSPS) is 20.0. The minimum Gasteiger partial charge on any atom is -0.481 e. The Labute approximate surface area is 341 Å². The van der Waals surface area contributed by atoms with Crippen molar-refractivity contribution in [3.63, 3.8) is 0 Å². The van der Waals surface area contributed by atoms with E-state index in [-0.39, 0.29) is 18.1 Å². The molecule has 0 saturated carbocycles. The highest BCUT2D eigenvalue weighted by molar-refractivity contribution is 6.36. The van der Waals surface area contributed by atoms with E-state index in [1.54, 1.807) is 18.1 Å². The van der Waals surface area contributed by atoms with Gasteiger partial charge in [-0.25, -0.2) is 4.98 Å². The first-order valence-electron chi connectivity index (χ1n) is 19.3. The minimum absolute atomic E-state index is 0.00693. The lowest BCUT2D eigenvalue weighted by molar-refractivity contribution is -0.144. The van der Waals surface area contributed by atoms with Crippen LogP contribution in [0.25, 0.3) is 33.4 Å². The van der Waals surface area contributed by atoms with E-state index in [2.05, 4.69) is 25.9 Å². The number of rotatable bonds is 11. The summed E-state index contributed by atoms with van der Waals surface area (Å²) in [5.41, 5.74) is 3.61. The average Bonchev–Trinajstić information content (AvgIpc) is 4.04. The van der Waals surface area contributed by atoms with Crippen LogP contribution in [0.3, 0.4) is 0 Å². The predicted octanol–water partition coefficient (Wildman–Crippen LogP) is 6.48. The number of ether oxygens (including phenoxy) is 2. The molecule has 2 N–H and O–H groups in total. The van der Waals surface area contributed by atoms with Gasteiger partial charge in [-0.15, -0.1) is 0 Å². The fraction of sp³-hybridized carbons (Fsp3) is 0.405. The Hall–Kier alpha value is -5.47. The lowest BCUT2D eigenvalue weighted by Crippen LogP contribution is -2.31. The van der Waals surface area contributed by atoms with E-state index in [0.29, 0.717) is 114 Å². The number of benzene rings is 2. The highest BCUT2D eigenvalue weighted by atomic mass is 35.5. The van der Waals surface area contributed by atoms with Crippen molar-refractivity contribution in [2.75, 3.05) is 46.9 Å². The highest BCUT2D eigenvalue weighted by Gasteiger charge is 2.41. The summed E-state index contributed by atoms with van der Waals surface area (Å²) in [6.45, 7) is 3.07. The summed E-state index contributed by atoms with van der Waals surface area (Å²) in [5, 5.41) is 30.5. The zero-order valence-corrected chi connectivity index (χ0v) is 33.1. The van der Waals surface area contributed by atoms with Gasteiger partial charge in [0.25, 0.3) is 0 Å². The van der Waals surface area contributed by atoms with Gasteiger partial charge >= 0.3 is 12.1 Å². The first-order chi connectivity index (χ1) is 28.4. The van der Waals surface area contributed by atoms with Crippen molar-refractivity contribution in [3.8, 4) is 40.3 Å². The molecule has 2 aliphatic heterocycles. The number of carboxylic acid groups (broad SMARTS) is 1. The number of hydrogen-bond donors (Lipinski definition) is 2. The van der Waals surface area contributed by atoms with E-state index in [1.165, 1.54) is 7.11 Å². The molecule has 1 aliphatic carbocycles. The van der Waals surface area contributed by atoms with E-state index >= 15 is 0 Å². The first-order valence-corrected chi connectivity index (χ1v) is 19.7. The van der Waals surface area contributed by atoms with Gasteiger partial charge in [-0.1, -0.05) is 41.9 Å². The number of aliphatic hydroxyl groups excluding tert-OH is 1. The number of carboxylic acids is 1. The number of nitrogens with zero attached hydrogens (tertiary/aromatic N) is 7. The largest absolute Gasteiger partial charge is 0.481 e. The molecule has 0 spiro atoms. The van der Waals surface area contributed by atoms with E-state index in [1.807, 2.05) is 47.0 Å². The SMILES string of the molecule is C/N=c1/c2cc(-c3cccc(-c4cccc5c4CC[C@@H]5Oc4nc(OC)c(CN5CC[C@@H](O)C5)nc4C(F)(F)F)c3Cl)oc2c(C#N)cn1CCN1CC[C@@H](C(=O)O)C1. The van der Waals surface area contributed by atoms with Crippen molar-refractivity contribution in [1.29, 1.82) is 5.26 Å². The molecular formula is C42H41ClF3N7O6. The standard InChI is InChI=1S/C42H41ClF3N7O6/c1-48-38-31-17-34(58-36(31)24(18-47)20-53(38)16-15-51-13-11-23(19-51)41(55)56)30-8-4-7-29(35(30)43)26-5-3-6-28-27(26)9-10-33(28)59-40-37(42(44,45)46)49-32(39(50-40)57-2)22-52-14-12-25(54)21-52/h3-8,17,20,23,25,33,54H,9-16,19,21-22H2,1-2H3,(H,55,56)/b48-38-/t23-,25-,33+/m1/s1. The highest BCUT2D eigenvalue weighted by Crippen LogP contribution is 2.46. The molecule has 13 nitrogen and oxygen atoms in total. The molecule has 3 aromatic heterocycles. The van der Waals surface area contributed by atoms with Crippen molar-refractivity contribution in [2.24, 2.45) is 10.9 Å². The number of hydrogen-bond acceptors (Lipinski definition) is 11. The van der Waals surface area contributed by atoms with Crippen LogP contribution in [0.2, 0.25) is 5.02 Å². The zero-order valence-electron chi connectivity index (χ0n) is 32.3. The molecule has 17 heteroatoms. The lowest BCUT2D eigenvalue weighted by atomic mass is 9.95. The molecule has 5 aromatic rings. The summed E-state index contributed by atoms with van der Waals surface area (Å²) < 4.78 is 63.1. The van der Waals surface area contributed by atoms with Crippen LogP contribution in [0.4, 0.5) is 13.2 Å². The Morgan fingerprint density at radius 1 is 1.05 bits per heavy atom. The number of pyridine rings is 1. The molecule has 3 aliphatic rings. The van der Waals surface area contributed by atoms with Crippen molar-refractivity contribution in [1.82, 2.24) is 24.3 Å². The predicted molar refractivity (Wildman–Crippen MR) is 210 cm³/mol. The van der Waals surface area contributed by atoms with Gasteiger partial charge in [-0.2, -0.15) is 23.4 Å². The third kappa shape index (κ3) is 7.87. The number of furan rings is 1. The Kier molecular flexibility index (Phi) is 11.1. The summed E-state index contributed by atoms with van der Waals surface area (Å²) in [7, 11) is 2.97. The summed E-state index contributed by atoms with van der Waals surface area (Å²) in [5.74, 6) is -1.53. The van der Waals surface area contributed by atoms with Gasteiger partial charge in [0.15, 0.2) is 5.58 Å². The van der Waals surface area contributed by atoms with Crippen LogP contribution in [0.5, 0.6) is 11.8 Å². The van der Waals surface area contributed by atoms with Crippen LogP contribution in [-0.2, 0) is 30.5 Å². The monoisotopic (exact) mass is 831 g/mol. The number of nitriles is 1. The number of β-amino-alcohol motifs (C(OH)–C–C–N with tert-alkyl or cyclic N) is 1. The molecular weight excluding hydrogens is 791 g/mol. The van der Waals surface area contributed by atoms with Crippen molar-refractivity contribution < 1.29 is 42.1 Å². The van der Waals surface area contributed by atoms with E-state index < -0.39 is 41.8 Å². The molecule has 5 heterocycles. The van der Waals surface area contributed by atoms with Crippen molar-refractivity contribution >= 4 is 28.5 Å². The molecule has 0 amide bonds. The van der Waals surface area contributed by atoms with Crippen molar-refractivity contribution in [2.45, 2.75) is 57.2 Å². The number of alkyl halides is 3.